The van der Waals surface area contributed by atoms with Crippen molar-refractivity contribution in [2.45, 2.75) is 38.1 Å². The number of methoxy groups -OCH3 is 1. The molecule has 6 nitrogen and oxygen atoms in total. The maximum atomic E-state index is 12.1. The van der Waals surface area contributed by atoms with Crippen molar-refractivity contribution in [2.24, 2.45) is 0 Å². The summed E-state index contributed by atoms with van der Waals surface area (Å²) in [4.78, 5) is 29.8. The normalized spacial score (nSPS) is 15.3. The van der Waals surface area contributed by atoms with Crippen LogP contribution in [-0.2, 0) is 16.0 Å². The highest BCUT2D eigenvalue weighted by Crippen LogP contribution is 2.22. The molecule has 0 bridgehead atoms. The highest BCUT2D eigenvalue weighted by Gasteiger charge is 2.24. The molecule has 1 N–H and O–H groups in total. The third-order valence-corrected chi connectivity index (χ3v) is 5.52. The number of thiazole rings is 1. The number of likely N-dealkylation sites (tertiary alicyclic amines) is 1. The number of hydrogen-bond acceptors (Lipinski definition) is 5. The molecule has 0 spiro atoms. The molecule has 1 aliphatic heterocycles. The number of aromatic nitrogens is 1. The molecule has 0 aliphatic carbocycles. The average molecular weight is 361 g/mol. The Balaban J connectivity index is 1.38. The van der Waals surface area contributed by atoms with Crippen LogP contribution < -0.4 is 5.32 Å². The van der Waals surface area contributed by atoms with Gasteiger partial charge in [-0.25, -0.2) is 9.78 Å². The molecule has 2 aromatic rings. The minimum absolute atomic E-state index is 0.0811. The first kappa shape index (κ1) is 17.7. The minimum atomic E-state index is -0.291. The number of benzene rings is 1. The van der Waals surface area contributed by atoms with Gasteiger partial charge in [0.15, 0.2) is 0 Å². The highest BCUT2D eigenvalue weighted by molar-refractivity contribution is 7.18. The Morgan fingerprint density at radius 1 is 1.32 bits per heavy atom. The van der Waals surface area contributed by atoms with Gasteiger partial charge in [0.25, 0.3) is 0 Å². The maximum Gasteiger partial charge on any atom is 0.409 e. The standard InChI is InChI=1S/C18H23N3O3S/c1-24-18(23)21-11-9-13(10-12-21)19-16(22)7-4-8-17-20-14-5-2-3-6-15(14)25-17/h2-3,5-6,13H,4,7-12H2,1H3,(H,19,22). The van der Waals surface area contributed by atoms with Crippen LogP contribution in [0.3, 0.4) is 0 Å². The Kier molecular flexibility index (Phi) is 5.86. The van der Waals surface area contributed by atoms with E-state index in [-0.39, 0.29) is 18.0 Å². The summed E-state index contributed by atoms with van der Waals surface area (Å²) in [5, 5.41) is 4.16. The fourth-order valence-corrected chi connectivity index (χ4v) is 4.07. The van der Waals surface area contributed by atoms with E-state index in [1.54, 1.807) is 16.2 Å². The number of nitrogens with zero attached hydrogens (tertiary/aromatic N) is 2. The molecule has 3 rings (SSSR count). The molecule has 1 aromatic heterocycles. The number of carbonyl (C=O) groups excluding carboxylic acids is 2. The second kappa shape index (κ2) is 8.29. The Bertz CT molecular complexity index is 705. The number of carbonyl (C=O) groups is 2. The number of hydrogen-bond donors (Lipinski definition) is 1. The van der Waals surface area contributed by atoms with Crippen molar-refractivity contribution in [1.29, 1.82) is 0 Å². The van der Waals surface area contributed by atoms with Crippen LogP contribution >= 0.6 is 11.3 Å². The molecule has 134 valence electrons. The van der Waals surface area contributed by atoms with Gasteiger partial charge in [0.2, 0.25) is 5.91 Å². The number of fused-ring (bicyclic) bond motifs is 1. The van der Waals surface area contributed by atoms with Gasteiger partial charge in [0, 0.05) is 25.6 Å². The molecule has 0 radical (unpaired) electrons. The molecule has 1 aromatic carbocycles. The third kappa shape index (κ3) is 4.69. The predicted octanol–water partition coefficient (Wildman–Crippen LogP) is 2.97. The smallest absolute Gasteiger partial charge is 0.409 e. The summed E-state index contributed by atoms with van der Waals surface area (Å²) in [6.45, 7) is 1.26. The maximum absolute atomic E-state index is 12.1. The molecule has 2 amide bonds. The van der Waals surface area contributed by atoms with Gasteiger partial charge in [0.1, 0.15) is 0 Å². The summed E-state index contributed by atoms with van der Waals surface area (Å²) in [6, 6.07) is 8.25. The first-order valence-electron chi connectivity index (χ1n) is 8.62. The number of para-hydroxylation sites is 1. The zero-order valence-electron chi connectivity index (χ0n) is 14.4. The predicted molar refractivity (Wildman–Crippen MR) is 97.7 cm³/mol. The summed E-state index contributed by atoms with van der Waals surface area (Å²) in [5.41, 5.74) is 1.03. The minimum Gasteiger partial charge on any atom is -0.453 e. The Hall–Kier alpha value is -2.15. The van der Waals surface area contributed by atoms with Gasteiger partial charge in [-0.2, -0.15) is 0 Å². The van der Waals surface area contributed by atoms with E-state index >= 15 is 0 Å². The van der Waals surface area contributed by atoms with Crippen LogP contribution in [0.4, 0.5) is 4.79 Å². The lowest BCUT2D eigenvalue weighted by atomic mass is 10.1. The van der Waals surface area contributed by atoms with Gasteiger partial charge >= 0.3 is 6.09 Å². The van der Waals surface area contributed by atoms with Gasteiger partial charge in [-0.3, -0.25) is 4.79 Å². The van der Waals surface area contributed by atoms with Crippen molar-refractivity contribution in [1.82, 2.24) is 15.2 Å². The van der Waals surface area contributed by atoms with Crippen LogP contribution in [0.15, 0.2) is 24.3 Å². The lowest BCUT2D eigenvalue weighted by molar-refractivity contribution is -0.122. The summed E-state index contributed by atoms with van der Waals surface area (Å²) in [6.07, 6.45) is 3.39. The summed E-state index contributed by atoms with van der Waals surface area (Å²) in [5.74, 6) is 0.0811. The van der Waals surface area contributed by atoms with Crippen molar-refractivity contribution in [3.63, 3.8) is 0 Å². The number of nitrogens with one attached hydrogen (secondary N) is 1. The Labute approximate surface area is 151 Å². The van der Waals surface area contributed by atoms with Crippen molar-refractivity contribution in [3.8, 4) is 0 Å². The quantitative estimate of drug-likeness (QED) is 0.889. The van der Waals surface area contributed by atoms with Crippen LogP contribution in [0.1, 0.15) is 30.7 Å². The van der Waals surface area contributed by atoms with Crippen molar-refractivity contribution >= 4 is 33.6 Å². The van der Waals surface area contributed by atoms with Gasteiger partial charge in [-0.05, 0) is 37.8 Å². The summed E-state index contributed by atoms with van der Waals surface area (Å²) in [7, 11) is 1.39. The topological polar surface area (TPSA) is 71.5 Å². The lowest BCUT2D eigenvalue weighted by Crippen LogP contribution is -2.46. The molecule has 1 saturated heterocycles. The highest BCUT2D eigenvalue weighted by atomic mass is 32.1. The zero-order valence-corrected chi connectivity index (χ0v) is 15.2. The average Bonchev–Trinajstić information content (AvgIpc) is 3.04. The van der Waals surface area contributed by atoms with Crippen molar-refractivity contribution in [3.05, 3.63) is 29.3 Å². The van der Waals surface area contributed by atoms with Crippen LogP contribution in [0, 0.1) is 0 Å². The Morgan fingerprint density at radius 2 is 2.08 bits per heavy atom. The van der Waals surface area contributed by atoms with E-state index in [1.165, 1.54) is 11.8 Å². The van der Waals surface area contributed by atoms with Crippen molar-refractivity contribution < 1.29 is 14.3 Å². The Morgan fingerprint density at radius 3 is 2.80 bits per heavy atom. The lowest BCUT2D eigenvalue weighted by Gasteiger charge is -2.31. The molecule has 7 heteroatoms. The first-order chi connectivity index (χ1) is 12.2. The first-order valence-corrected chi connectivity index (χ1v) is 9.44. The second-order valence-electron chi connectivity index (χ2n) is 6.23. The SMILES string of the molecule is COC(=O)N1CCC(NC(=O)CCCc2nc3ccccc3s2)CC1. The number of piperidine rings is 1. The van der Waals surface area contributed by atoms with E-state index in [2.05, 4.69) is 16.4 Å². The molecule has 25 heavy (non-hydrogen) atoms. The molecule has 1 fully saturated rings. The molecular formula is C18H23N3O3S. The number of rotatable bonds is 5. The van der Waals surface area contributed by atoms with Gasteiger partial charge in [-0.1, -0.05) is 12.1 Å². The monoisotopic (exact) mass is 361 g/mol. The van der Waals surface area contributed by atoms with Crippen LogP contribution in [0.5, 0.6) is 0 Å². The van der Waals surface area contributed by atoms with Crippen molar-refractivity contribution in [2.75, 3.05) is 20.2 Å². The fourth-order valence-electron chi connectivity index (χ4n) is 3.06. The van der Waals surface area contributed by atoms with E-state index in [1.807, 2.05) is 18.2 Å². The second-order valence-corrected chi connectivity index (χ2v) is 7.34. The largest absolute Gasteiger partial charge is 0.453 e. The number of ether oxygens (including phenoxy) is 1. The van der Waals surface area contributed by atoms with E-state index in [9.17, 15) is 9.59 Å². The third-order valence-electron chi connectivity index (χ3n) is 4.43. The number of aryl methyl sites for hydroxylation is 1. The molecular weight excluding hydrogens is 338 g/mol. The molecule has 0 unspecified atom stereocenters. The molecule has 0 saturated carbocycles. The molecule has 1 aliphatic rings. The zero-order chi connectivity index (χ0) is 17.6. The summed E-state index contributed by atoms with van der Waals surface area (Å²) >= 11 is 1.70. The van der Waals surface area contributed by atoms with E-state index < -0.39 is 0 Å². The molecule has 0 atom stereocenters. The van der Waals surface area contributed by atoms with E-state index in [4.69, 9.17) is 4.74 Å². The number of amides is 2. The van der Waals surface area contributed by atoms with Crippen LogP contribution in [0.2, 0.25) is 0 Å². The molecule has 2 heterocycles. The van der Waals surface area contributed by atoms with Crippen LogP contribution in [0.25, 0.3) is 10.2 Å². The van der Waals surface area contributed by atoms with Crippen LogP contribution in [-0.4, -0.2) is 48.1 Å². The van der Waals surface area contributed by atoms with Gasteiger partial charge in [-0.15, -0.1) is 11.3 Å². The van der Waals surface area contributed by atoms with Gasteiger partial charge < -0.3 is 15.0 Å². The van der Waals surface area contributed by atoms with Gasteiger partial charge in [0.05, 0.1) is 22.3 Å². The summed E-state index contributed by atoms with van der Waals surface area (Å²) < 4.78 is 5.91. The van der Waals surface area contributed by atoms with E-state index in [0.717, 1.165) is 36.2 Å². The van der Waals surface area contributed by atoms with E-state index in [0.29, 0.717) is 19.5 Å². The fraction of sp³-hybridized carbons (Fsp3) is 0.500.